The van der Waals surface area contributed by atoms with Crippen molar-refractivity contribution in [3.63, 3.8) is 0 Å². The molecule has 1 heterocycles. The average Bonchev–Trinajstić information content (AvgIpc) is 3.05. The number of hydrogen-bond donors (Lipinski definition) is 0. The van der Waals surface area contributed by atoms with E-state index in [0.29, 0.717) is 19.6 Å². The molecule has 0 aromatic heterocycles. The minimum atomic E-state index is -3.70. The van der Waals surface area contributed by atoms with Gasteiger partial charge in [-0.1, -0.05) is 19.1 Å². The number of rotatable bonds is 8. The first-order chi connectivity index (χ1) is 11.9. The second kappa shape index (κ2) is 8.77. The van der Waals surface area contributed by atoms with Gasteiger partial charge in [0.05, 0.1) is 10.5 Å². The zero-order valence-electron chi connectivity index (χ0n) is 15.4. The molecule has 7 heteroatoms. The number of likely N-dealkylation sites (tertiary alicyclic amines) is 1. The summed E-state index contributed by atoms with van der Waals surface area (Å²) in [6, 6.07) is 8.71. The van der Waals surface area contributed by atoms with Crippen molar-refractivity contribution in [1.82, 2.24) is 14.1 Å². The Hall–Kier alpha value is -1.46. The van der Waals surface area contributed by atoms with Crippen LogP contribution in [0.15, 0.2) is 29.2 Å². The normalized spacial score (nSPS) is 18.8. The quantitative estimate of drug-likeness (QED) is 0.701. The second-order valence-electron chi connectivity index (χ2n) is 6.70. The molecule has 6 nitrogen and oxygen atoms in total. The smallest absolute Gasteiger partial charge is 0.244 e. The lowest BCUT2D eigenvalue weighted by Gasteiger charge is -2.30. The summed E-state index contributed by atoms with van der Waals surface area (Å²) in [6.07, 6.45) is 2.12. The molecule has 1 fully saturated rings. The third kappa shape index (κ3) is 4.79. The first-order valence-electron chi connectivity index (χ1n) is 8.78. The van der Waals surface area contributed by atoms with Gasteiger partial charge in [-0.05, 0) is 52.2 Å². The Morgan fingerprint density at radius 2 is 2.00 bits per heavy atom. The molecule has 0 spiro atoms. The Bertz CT molecular complexity index is 712. The maximum absolute atomic E-state index is 13.2. The highest BCUT2D eigenvalue weighted by Crippen LogP contribution is 2.23. The highest BCUT2D eigenvalue weighted by Gasteiger charge is 2.32. The van der Waals surface area contributed by atoms with Crippen LogP contribution in [0.2, 0.25) is 0 Å². The Kier molecular flexibility index (Phi) is 6.96. The van der Waals surface area contributed by atoms with Gasteiger partial charge in [0.1, 0.15) is 6.07 Å². The summed E-state index contributed by atoms with van der Waals surface area (Å²) in [5.74, 6) is 0. The lowest BCUT2D eigenvalue weighted by atomic mass is 10.2. The Morgan fingerprint density at radius 1 is 1.28 bits per heavy atom. The van der Waals surface area contributed by atoms with E-state index in [1.807, 2.05) is 25.1 Å². The molecule has 0 N–H and O–H groups in total. The van der Waals surface area contributed by atoms with Crippen LogP contribution in [0.5, 0.6) is 0 Å². The van der Waals surface area contributed by atoms with Crippen molar-refractivity contribution in [1.29, 1.82) is 5.26 Å². The minimum absolute atomic E-state index is 0.109. The van der Waals surface area contributed by atoms with E-state index in [9.17, 15) is 13.7 Å². The molecular formula is C18H28N4O2S. The summed E-state index contributed by atoms with van der Waals surface area (Å²) >= 11 is 0. The average molecular weight is 365 g/mol. The number of nitriles is 1. The molecule has 0 radical (unpaired) electrons. The van der Waals surface area contributed by atoms with E-state index < -0.39 is 10.0 Å². The van der Waals surface area contributed by atoms with Gasteiger partial charge in [0, 0.05) is 25.7 Å². The molecule has 0 bridgehead atoms. The van der Waals surface area contributed by atoms with E-state index in [1.54, 1.807) is 22.5 Å². The fourth-order valence-electron chi connectivity index (χ4n) is 3.30. The Morgan fingerprint density at radius 3 is 2.64 bits per heavy atom. The largest absolute Gasteiger partial charge is 0.308 e. The fourth-order valence-corrected chi connectivity index (χ4v) is 4.91. The van der Waals surface area contributed by atoms with Gasteiger partial charge >= 0.3 is 0 Å². The van der Waals surface area contributed by atoms with Crippen LogP contribution in [0.1, 0.15) is 25.3 Å². The molecule has 1 aliphatic rings. The third-order valence-electron chi connectivity index (χ3n) is 4.74. The van der Waals surface area contributed by atoms with Crippen LogP contribution >= 0.6 is 0 Å². The zero-order chi connectivity index (χ0) is 18.4. The van der Waals surface area contributed by atoms with Gasteiger partial charge in [0.15, 0.2) is 0 Å². The van der Waals surface area contributed by atoms with Crippen molar-refractivity contribution in [2.45, 2.75) is 30.7 Å². The fraction of sp³-hybridized carbons (Fsp3) is 0.611. The lowest BCUT2D eigenvalue weighted by Crippen LogP contribution is -2.45. The Balaban J connectivity index is 2.31. The SMILES string of the molecule is CCN1CCCC1CN(CCN(C)C)S(=O)(=O)c1ccccc1C#N. The molecule has 0 amide bonds. The van der Waals surface area contributed by atoms with Crippen LogP contribution in [-0.2, 0) is 10.0 Å². The summed E-state index contributed by atoms with van der Waals surface area (Å²) in [5, 5.41) is 9.30. The van der Waals surface area contributed by atoms with Crippen molar-refractivity contribution in [3.05, 3.63) is 29.8 Å². The summed E-state index contributed by atoms with van der Waals surface area (Å²) in [5.41, 5.74) is 0.205. The molecule has 138 valence electrons. The maximum atomic E-state index is 13.2. The summed E-state index contributed by atoms with van der Waals surface area (Å²) in [7, 11) is 0.164. The van der Waals surface area contributed by atoms with E-state index in [4.69, 9.17) is 0 Å². The molecule has 1 saturated heterocycles. The molecule has 0 aliphatic carbocycles. The topological polar surface area (TPSA) is 67.7 Å². The first-order valence-corrected chi connectivity index (χ1v) is 10.2. The molecular weight excluding hydrogens is 336 g/mol. The van der Waals surface area contributed by atoms with Crippen molar-refractivity contribution in [3.8, 4) is 6.07 Å². The second-order valence-corrected chi connectivity index (χ2v) is 8.61. The maximum Gasteiger partial charge on any atom is 0.244 e. The van der Waals surface area contributed by atoms with E-state index in [0.717, 1.165) is 25.9 Å². The highest BCUT2D eigenvalue weighted by molar-refractivity contribution is 7.89. The van der Waals surface area contributed by atoms with Crippen LogP contribution in [0.3, 0.4) is 0 Å². The van der Waals surface area contributed by atoms with E-state index >= 15 is 0 Å². The Labute approximate surface area is 151 Å². The standard InChI is InChI=1S/C18H28N4O2S/c1-4-21-11-7-9-17(21)15-22(13-12-20(2)3)25(23,24)18-10-6-5-8-16(18)14-19/h5-6,8,10,17H,4,7,9,11-13,15H2,1-3H3. The molecule has 1 aromatic carbocycles. The van der Waals surface area contributed by atoms with Crippen LogP contribution < -0.4 is 0 Å². The van der Waals surface area contributed by atoms with Crippen LogP contribution in [0.25, 0.3) is 0 Å². The third-order valence-corrected chi connectivity index (χ3v) is 6.66. The van der Waals surface area contributed by atoms with Gasteiger partial charge in [0.2, 0.25) is 10.0 Å². The number of nitrogens with zero attached hydrogens (tertiary/aromatic N) is 4. The van der Waals surface area contributed by atoms with Crippen molar-refractivity contribution < 1.29 is 8.42 Å². The number of hydrogen-bond acceptors (Lipinski definition) is 5. The van der Waals surface area contributed by atoms with E-state index in [1.165, 1.54) is 6.07 Å². The van der Waals surface area contributed by atoms with Gasteiger partial charge < -0.3 is 4.90 Å². The van der Waals surface area contributed by atoms with Crippen LogP contribution in [0, 0.1) is 11.3 Å². The van der Waals surface area contributed by atoms with Crippen LogP contribution in [-0.4, -0.2) is 75.4 Å². The lowest BCUT2D eigenvalue weighted by molar-refractivity contribution is 0.220. The number of likely N-dealkylation sites (N-methyl/N-ethyl adjacent to an activating group) is 2. The summed E-state index contributed by atoms with van der Waals surface area (Å²) in [6.45, 7) is 5.61. The van der Waals surface area contributed by atoms with Gasteiger partial charge in [0.25, 0.3) is 0 Å². The summed E-state index contributed by atoms with van der Waals surface area (Å²) < 4.78 is 28.0. The monoisotopic (exact) mass is 364 g/mol. The zero-order valence-corrected chi connectivity index (χ0v) is 16.2. The first kappa shape index (κ1) is 19.9. The predicted octanol–water partition coefficient (Wildman–Crippen LogP) is 1.59. The predicted molar refractivity (Wildman–Crippen MR) is 98.7 cm³/mol. The van der Waals surface area contributed by atoms with E-state index in [2.05, 4.69) is 11.8 Å². The van der Waals surface area contributed by atoms with Crippen molar-refractivity contribution in [2.75, 3.05) is 46.8 Å². The number of sulfonamides is 1. The van der Waals surface area contributed by atoms with Crippen molar-refractivity contribution in [2.24, 2.45) is 0 Å². The summed E-state index contributed by atoms with van der Waals surface area (Å²) in [4.78, 5) is 4.43. The van der Waals surface area contributed by atoms with Gasteiger partial charge in [-0.3, -0.25) is 4.90 Å². The van der Waals surface area contributed by atoms with E-state index in [-0.39, 0.29) is 16.5 Å². The van der Waals surface area contributed by atoms with Gasteiger partial charge in [-0.2, -0.15) is 9.57 Å². The molecule has 1 atom stereocenters. The molecule has 1 unspecified atom stereocenters. The van der Waals surface area contributed by atoms with Crippen LogP contribution in [0.4, 0.5) is 0 Å². The number of benzene rings is 1. The minimum Gasteiger partial charge on any atom is -0.308 e. The molecule has 25 heavy (non-hydrogen) atoms. The van der Waals surface area contributed by atoms with Gasteiger partial charge in [-0.25, -0.2) is 8.42 Å². The highest BCUT2D eigenvalue weighted by atomic mass is 32.2. The molecule has 2 rings (SSSR count). The molecule has 0 saturated carbocycles. The molecule has 1 aromatic rings. The van der Waals surface area contributed by atoms with Crippen molar-refractivity contribution >= 4 is 10.0 Å². The van der Waals surface area contributed by atoms with Gasteiger partial charge in [-0.15, -0.1) is 0 Å². The molecule has 1 aliphatic heterocycles.